The summed E-state index contributed by atoms with van der Waals surface area (Å²) in [5, 5.41) is 3.60. The van der Waals surface area contributed by atoms with Gasteiger partial charge < -0.3 is 10.1 Å². The Bertz CT molecular complexity index is 415. The lowest BCUT2D eigenvalue weighted by Gasteiger charge is -2.19. The first-order valence-corrected chi connectivity index (χ1v) is 8.25. The van der Waals surface area contributed by atoms with Crippen molar-refractivity contribution in [2.45, 2.75) is 51.8 Å². The maximum atomic E-state index is 5.63. The zero-order valence-corrected chi connectivity index (χ0v) is 13.8. The predicted molar refractivity (Wildman–Crippen MR) is 88.6 cm³/mol. The highest BCUT2D eigenvalue weighted by Crippen LogP contribution is 2.19. The molecule has 0 atom stereocenters. The largest absolute Gasteiger partial charge is 0.377 e. The van der Waals surface area contributed by atoms with Crippen LogP contribution in [0.1, 0.15) is 37.8 Å². The number of benzene rings is 1. The van der Waals surface area contributed by atoms with E-state index in [9.17, 15) is 0 Å². The lowest BCUT2D eigenvalue weighted by molar-refractivity contribution is 0.0626. The van der Waals surface area contributed by atoms with Crippen molar-refractivity contribution in [3.63, 3.8) is 0 Å². The number of ether oxygens (including phenoxy) is 1. The molecule has 1 aromatic rings. The molecule has 1 saturated carbocycles. The number of hydrogen-bond donors (Lipinski definition) is 1. The zero-order valence-electron chi connectivity index (χ0n) is 13.8. The van der Waals surface area contributed by atoms with E-state index in [1.165, 1.54) is 24.0 Å². The second kappa shape index (κ2) is 8.52. The van der Waals surface area contributed by atoms with E-state index in [1.807, 2.05) is 0 Å². The number of nitrogens with one attached hydrogen (secondary N) is 1. The van der Waals surface area contributed by atoms with Crippen molar-refractivity contribution in [3.05, 3.63) is 35.4 Å². The molecule has 1 fully saturated rings. The van der Waals surface area contributed by atoms with Crippen LogP contribution in [-0.4, -0.2) is 43.8 Å². The third-order valence-corrected chi connectivity index (χ3v) is 3.89. The third kappa shape index (κ3) is 6.60. The molecule has 1 aliphatic carbocycles. The highest BCUT2D eigenvalue weighted by atomic mass is 16.5. The van der Waals surface area contributed by atoms with Crippen molar-refractivity contribution in [3.8, 4) is 0 Å². The van der Waals surface area contributed by atoms with Gasteiger partial charge in [0.2, 0.25) is 0 Å². The molecule has 0 spiro atoms. The van der Waals surface area contributed by atoms with Crippen LogP contribution < -0.4 is 5.32 Å². The molecule has 0 aliphatic heterocycles. The average molecular weight is 290 g/mol. The van der Waals surface area contributed by atoms with E-state index in [-0.39, 0.29) is 0 Å². The van der Waals surface area contributed by atoms with Crippen LogP contribution in [0.2, 0.25) is 0 Å². The van der Waals surface area contributed by atoms with Gasteiger partial charge in [-0.25, -0.2) is 0 Å². The Kier molecular flexibility index (Phi) is 6.68. The van der Waals surface area contributed by atoms with Crippen molar-refractivity contribution in [1.82, 2.24) is 10.2 Å². The summed E-state index contributed by atoms with van der Waals surface area (Å²) >= 11 is 0. The molecule has 3 nitrogen and oxygen atoms in total. The zero-order chi connectivity index (χ0) is 15.1. The molecule has 1 aromatic carbocycles. The lowest BCUT2D eigenvalue weighted by atomic mass is 10.0. The Morgan fingerprint density at radius 2 is 1.95 bits per heavy atom. The van der Waals surface area contributed by atoms with Crippen molar-refractivity contribution in [2.75, 3.05) is 26.7 Å². The van der Waals surface area contributed by atoms with Gasteiger partial charge in [0.05, 0.1) is 12.7 Å². The molecular weight excluding hydrogens is 260 g/mol. The molecule has 1 aliphatic rings. The van der Waals surface area contributed by atoms with Crippen LogP contribution in [0.25, 0.3) is 0 Å². The van der Waals surface area contributed by atoms with Crippen LogP contribution in [0.3, 0.4) is 0 Å². The quantitative estimate of drug-likeness (QED) is 0.717. The van der Waals surface area contributed by atoms with E-state index in [1.54, 1.807) is 0 Å². The minimum absolute atomic E-state index is 0.319. The molecule has 0 amide bonds. The van der Waals surface area contributed by atoms with Crippen molar-refractivity contribution in [1.29, 1.82) is 0 Å². The molecule has 0 unspecified atom stereocenters. The topological polar surface area (TPSA) is 24.5 Å². The molecule has 1 N–H and O–H groups in total. The Morgan fingerprint density at radius 1 is 1.24 bits per heavy atom. The summed E-state index contributed by atoms with van der Waals surface area (Å²) in [6, 6.07) is 9.62. The van der Waals surface area contributed by atoms with Gasteiger partial charge in [0.15, 0.2) is 0 Å². The monoisotopic (exact) mass is 290 g/mol. The SMILES string of the molecule is CC(C)OCCN(C)Cc1ccccc1CCNC1CC1. The summed E-state index contributed by atoms with van der Waals surface area (Å²) in [5.74, 6) is 0. The Hall–Kier alpha value is -0.900. The van der Waals surface area contributed by atoms with Crippen molar-refractivity contribution >= 4 is 0 Å². The second-order valence-corrected chi connectivity index (χ2v) is 6.40. The second-order valence-electron chi connectivity index (χ2n) is 6.40. The van der Waals surface area contributed by atoms with Gasteiger partial charge in [0, 0.05) is 19.1 Å². The van der Waals surface area contributed by atoms with Crippen LogP contribution >= 0.6 is 0 Å². The molecular formula is C18H30N2O. The summed E-state index contributed by atoms with van der Waals surface area (Å²) in [5.41, 5.74) is 2.92. The van der Waals surface area contributed by atoms with Crippen molar-refractivity contribution < 1.29 is 4.74 Å². The van der Waals surface area contributed by atoms with E-state index in [4.69, 9.17) is 4.74 Å². The molecule has 21 heavy (non-hydrogen) atoms. The fourth-order valence-electron chi connectivity index (χ4n) is 2.47. The van der Waals surface area contributed by atoms with Crippen LogP contribution in [0.5, 0.6) is 0 Å². The molecule has 0 radical (unpaired) electrons. The summed E-state index contributed by atoms with van der Waals surface area (Å²) in [6.07, 6.45) is 4.17. The first-order valence-electron chi connectivity index (χ1n) is 8.25. The standard InChI is InChI=1S/C18H30N2O/c1-15(2)21-13-12-20(3)14-17-7-5-4-6-16(17)10-11-19-18-8-9-18/h4-7,15,18-19H,8-14H2,1-3H3. The predicted octanol–water partition coefficient (Wildman–Crippen LogP) is 2.84. The van der Waals surface area contributed by atoms with E-state index in [0.29, 0.717) is 6.10 Å². The number of hydrogen-bond acceptors (Lipinski definition) is 3. The lowest BCUT2D eigenvalue weighted by Crippen LogP contribution is -2.25. The molecule has 118 valence electrons. The number of nitrogens with zero attached hydrogens (tertiary/aromatic N) is 1. The van der Waals surface area contributed by atoms with Gasteiger partial charge in [-0.1, -0.05) is 24.3 Å². The van der Waals surface area contributed by atoms with Gasteiger partial charge in [-0.05, 0) is 57.8 Å². The maximum Gasteiger partial charge on any atom is 0.0596 e. The van der Waals surface area contributed by atoms with Gasteiger partial charge in [0.25, 0.3) is 0 Å². The fourth-order valence-corrected chi connectivity index (χ4v) is 2.47. The minimum atomic E-state index is 0.319. The van der Waals surface area contributed by atoms with Crippen LogP contribution in [-0.2, 0) is 17.7 Å². The molecule has 2 rings (SSSR count). The van der Waals surface area contributed by atoms with Crippen LogP contribution in [0.4, 0.5) is 0 Å². The van der Waals surface area contributed by atoms with Gasteiger partial charge in [-0.3, -0.25) is 4.90 Å². The maximum absolute atomic E-state index is 5.63. The minimum Gasteiger partial charge on any atom is -0.377 e. The highest BCUT2D eigenvalue weighted by molar-refractivity contribution is 5.27. The van der Waals surface area contributed by atoms with E-state index >= 15 is 0 Å². The molecule has 0 aromatic heterocycles. The van der Waals surface area contributed by atoms with Crippen molar-refractivity contribution in [2.24, 2.45) is 0 Å². The molecule has 0 heterocycles. The summed E-state index contributed by atoms with van der Waals surface area (Å²) < 4.78 is 5.63. The molecule has 0 bridgehead atoms. The Balaban J connectivity index is 1.77. The van der Waals surface area contributed by atoms with E-state index < -0.39 is 0 Å². The van der Waals surface area contributed by atoms with Crippen LogP contribution in [0, 0.1) is 0 Å². The Labute approximate surface area is 129 Å². The number of likely N-dealkylation sites (N-methyl/N-ethyl adjacent to an activating group) is 1. The van der Waals surface area contributed by atoms with E-state index in [2.05, 4.69) is 55.4 Å². The average Bonchev–Trinajstić information content (AvgIpc) is 3.24. The number of rotatable bonds is 10. The summed E-state index contributed by atoms with van der Waals surface area (Å²) in [4.78, 5) is 2.34. The molecule has 3 heteroatoms. The van der Waals surface area contributed by atoms with Gasteiger partial charge in [-0.2, -0.15) is 0 Å². The fraction of sp³-hybridized carbons (Fsp3) is 0.667. The first kappa shape index (κ1) is 16.5. The highest BCUT2D eigenvalue weighted by Gasteiger charge is 2.19. The summed E-state index contributed by atoms with van der Waals surface area (Å²) in [7, 11) is 2.17. The van der Waals surface area contributed by atoms with Gasteiger partial charge in [-0.15, -0.1) is 0 Å². The third-order valence-electron chi connectivity index (χ3n) is 3.89. The van der Waals surface area contributed by atoms with Gasteiger partial charge >= 0.3 is 0 Å². The first-order chi connectivity index (χ1) is 10.1. The van der Waals surface area contributed by atoms with Gasteiger partial charge in [0.1, 0.15) is 0 Å². The summed E-state index contributed by atoms with van der Waals surface area (Å²) in [6.45, 7) is 8.06. The normalized spacial score (nSPS) is 15.1. The Morgan fingerprint density at radius 3 is 2.62 bits per heavy atom. The van der Waals surface area contributed by atoms with Crippen LogP contribution in [0.15, 0.2) is 24.3 Å². The van der Waals surface area contributed by atoms with E-state index in [0.717, 1.165) is 38.7 Å². The smallest absolute Gasteiger partial charge is 0.0596 e. The molecule has 0 saturated heterocycles.